The molecule has 0 N–H and O–H groups in total. The van der Waals surface area contributed by atoms with Crippen LogP contribution in [0.2, 0.25) is 10.0 Å². The fourth-order valence-corrected chi connectivity index (χ4v) is 3.03. The number of ether oxygens (including phenoxy) is 1. The van der Waals surface area contributed by atoms with Gasteiger partial charge in [-0.1, -0.05) is 23.2 Å². The summed E-state index contributed by atoms with van der Waals surface area (Å²) in [6.45, 7) is 0. The van der Waals surface area contributed by atoms with Crippen molar-refractivity contribution in [3.05, 3.63) is 91.8 Å². The average molecular weight is 429 g/mol. The molecule has 3 aromatic rings. The normalized spacial score (nSPS) is 14.8. The SMILES string of the molecule is O=C1OC(c2ccc([N+](=O)[O-])cc2Cl)=N/C1=C\c1ccc(-c2ccc(Cl)cc2)o1. The summed E-state index contributed by atoms with van der Waals surface area (Å²) in [5.41, 5.74) is 0.946. The lowest BCUT2D eigenvalue weighted by Gasteiger charge is -2.02. The third-order valence-corrected chi connectivity index (χ3v) is 4.61. The number of non-ortho nitro benzene ring substituents is 1. The van der Waals surface area contributed by atoms with Gasteiger partial charge in [-0.05, 0) is 42.5 Å². The summed E-state index contributed by atoms with van der Waals surface area (Å²) >= 11 is 12.0. The van der Waals surface area contributed by atoms with Crippen molar-refractivity contribution in [3.63, 3.8) is 0 Å². The van der Waals surface area contributed by atoms with Gasteiger partial charge in [0.25, 0.3) is 5.69 Å². The topological polar surface area (TPSA) is 94.9 Å². The average Bonchev–Trinajstić information content (AvgIpc) is 3.29. The second-order valence-electron chi connectivity index (χ2n) is 5.97. The first-order chi connectivity index (χ1) is 13.9. The summed E-state index contributed by atoms with van der Waals surface area (Å²) in [4.78, 5) is 26.5. The zero-order valence-corrected chi connectivity index (χ0v) is 16.0. The number of nitro benzene ring substituents is 1. The molecule has 0 bridgehead atoms. The van der Waals surface area contributed by atoms with E-state index in [1.165, 1.54) is 24.3 Å². The van der Waals surface area contributed by atoms with Crippen LogP contribution in [0, 0.1) is 10.1 Å². The van der Waals surface area contributed by atoms with Crippen molar-refractivity contribution in [1.29, 1.82) is 0 Å². The molecule has 0 saturated carbocycles. The Morgan fingerprint density at radius 1 is 1.03 bits per heavy atom. The van der Waals surface area contributed by atoms with Crippen LogP contribution >= 0.6 is 23.2 Å². The van der Waals surface area contributed by atoms with Crippen molar-refractivity contribution >= 4 is 46.8 Å². The number of aliphatic imine (C=N–C) groups is 1. The van der Waals surface area contributed by atoms with E-state index >= 15 is 0 Å². The fourth-order valence-electron chi connectivity index (χ4n) is 2.65. The minimum atomic E-state index is -0.682. The Hall–Kier alpha value is -3.42. The van der Waals surface area contributed by atoms with Crippen molar-refractivity contribution in [2.24, 2.45) is 4.99 Å². The van der Waals surface area contributed by atoms with Gasteiger partial charge in [0.1, 0.15) is 11.5 Å². The molecular weight excluding hydrogens is 419 g/mol. The molecule has 1 aromatic heterocycles. The van der Waals surface area contributed by atoms with Gasteiger partial charge < -0.3 is 9.15 Å². The van der Waals surface area contributed by atoms with Crippen LogP contribution < -0.4 is 0 Å². The van der Waals surface area contributed by atoms with Gasteiger partial charge in [0.15, 0.2) is 5.70 Å². The van der Waals surface area contributed by atoms with Crippen molar-refractivity contribution in [3.8, 4) is 11.3 Å². The molecule has 1 aliphatic rings. The van der Waals surface area contributed by atoms with Gasteiger partial charge in [-0.3, -0.25) is 10.1 Å². The Bertz CT molecular complexity index is 1200. The van der Waals surface area contributed by atoms with Crippen molar-refractivity contribution in [2.45, 2.75) is 0 Å². The molecule has 7 nitrogen and oxygen atoms in total. The largest absolute Gasteiger partial charge is 0.457 e. The van der Waals surface area contributed by atoms with E-state index in [2.05, 4.69) is 4.99 Å². The maximum absolute atomic E-state index is 12.2. The number of rotatable bonds is 4. The third-order valence-electron chi connectivity index (χ3n) is 4.05. The first-order valence-electron chi connectivity index (χ1n) is 8.23. The maximum Gasteiger partial charge on any atom is 0.363 e. The zero-order valence-electron chi connectivity index (χ0n) is 14.5. The molecule has 29 heavy (non-hydrogen) atoms. The molecule has 0 spiro atoms. The van der Waals surface area contributed by atoms with E-state index in [1.807, 2.05) is 12.1 Å². The highest BCUT2D eigenvalue weighted by atomic mass is 35.5. The summed E-state index contributed by atoms with van der Waals surface area (Å²) in [6.07, 6.45) is 1.44. The number of esters is 1. The van der Waals surface area contributed by atoms with Crippen LogP contribution in [-0.4, -0.2) is 16.8 Å². The summed E-state index contributed by atoms with van der Waals surface area (Å²) in [7, 11) is 0. The van der Waals surface area contributed by atoms with Gasteiger partial charge in [-0.2, -0.15) is 0 Å². The second kappa shape index (κ2) is 7.54. The van der Waals surface area contributed by atoms with Crippen LogP contribution in [0.25, 0.3) is 17.4 Å². The third kappa shape index (κ3) is 3.91. The van der Waals surface area contributed by atoms with E-state index in [0.29, 0.717) is 16.5 Å². The first-order valence-corrected chi connectivity index (χ1v) is 8.99. The molecule has 2 heterocycles. The highest BCUT2D eigenvalue weighted by Crippen LogP contribution is 2.29. The van der Waals surface area contributed by atoms with Crippen LogP contribution in [0.4, 0.5) is 5.69 Å². The first kappa shape index (κ1) is 18.9. The Labute approximate surface area is 174 Å². The summed E-state index contributed by atoms with van der Waals surface area (Å²) in [5.74, 6) is 0.286. The lowest BCUT2D eigenvalue weighted by atomic mass is 10.2. The van der Waals surface area contributed by atoms with Crippen molar-refractivity contribution in [1.82, 2.24) is 0 Å². The number of benzene rings is 2. The Kier molecular flexibility index (Phi) is 4.92. The van der Waals surface area contributed by atoms with Crippen LogP contribution in [0.5, 0.6) is 0 Å². The van der Waals surface area contributed by atoms with E-state index in [9.17, 15) is 14.9 Å². The molecule has 0 saturated heterocycles. The molecule has 0 aliphatic carbocycles. The predicted octanol–water partition coefficient (Wildman–Crippen LogP) is 5.51. The molecule has 0 atom stereocenters. The fraction of sp³-hybridized carbons (Fsp3) is 0. The Balaban J connectivity index is 1.62. The monoisotopic (exact) mass is 428 g/mol. The smallest absolute Gasteiger partial charge is 0.363 e. The molecule has 9 heteroatoms. The summed E-state index contributed by atoms with van der Waals surface area (Å²) < 4.78 is 10.9. The molecule has 0 unspecified atom stereocenters. The molecule has 1 aliphatic heterocycles. The molecule has 4 rings (SSSR count). The molecule has 0 fully saturated rings. The van der Waals surface area contributed by atoms with E-state index in [-0.39, 0.29) is 27.9 Å². The van der Waals surface area contributed by atoms with Gasteiger partial charge in [0, 0.05) is 28.8 Å². The molecular formula is C20H10Cl2N2O5. The van der Waals surface area contributed by atoms with Gasteiger partial charge in [0.2, 0.25) is 5.90 Å². The lowest BCUT2D eigenvalue weighted by Crippen LogP contribution is -2.06. The highest BCUT2D eigenvalue weighted by molar-refractivity contribution is 6.34. The number of hydrogen-bond donors (Lipinski definition) is 0. The van der Waals surface area contributed by atoms with Crippen LogP contribution in [-0.2, 0) is 9.53 Å². The number of cyclic esters (lactones) is 1. The molecule has 2 aromatic carbocycles. The summed E-state index contributed by atoms with van der Waals surface area (Å²) in [6, 6.07) is 14.4. The number of hydrogen-bond acceptors (Lipinski definition) is 6. The van der Waals surface area contributed by atoms with E-state index < -0.39 is 10.9 Å². The van der Waals surface area contributed by atoms with Crippen molar-refractivity contribution in [2.75, 3.05) is 0 Å². The predicted molar refractivity (Wildman–Crippen MR) is 108 cm³/mol. The van der Waals surface area contributed by atoms with Crippen LogP contribution in [0.3, 0.4) is 0 Å². The number of carbonyl (C=O) groups excluding carboxylic acids is 1. The number of carbonyl (C=O) groups is 1. The minimum absolute atomic E-state index is 0.0198. The quantitative estimate of drug-likeness (QED) is 0.236. The van der Waals surface area contributed by atoms with E-state index in [0.717, 1.165) is 5.56 Å². The number of furan rings is 1. The zero-order chi connectivity index (χ0) is 20.5. The number of halogens is 2. The van der Waals surface area contributed by atoms with E-state index in [1.54, 1.807) is 24.3 Å². The Morgan fingerprint density at radius 2 is 1.79 bits per heavy atom. The maximum atomic E-state index is 12.2. The highest BCUT2D eigenvalue weighted by Gasteiger charge is 2.27. The molecule has 144 valence electrons. The lowest BCUT2D eigenvalue weighted by molar-refractivity contribution is -0.384. The number of nitro groups is 1. The molecule has 0 radical (unpaired) electrons. The van der Waals surface area contributed by atoms with Crippen LogP contribution in [0.15, 0.2) is 69.7 Å². The minimum Gasteiger partial charge on any atom is -0.457 e. The number of nitrogens with zero attached hydrogens (tertiary/aromatic N) is 2. The van der Waals surface area contributed by atoms with Crippen LogP contribution in [0.1, 0.15) is 11.3 Å². The van der Waals surface area contributed by atoms with Crippen molar-refractivity contribution < 1.29 is 18.9 Å². The second-order valence-corrected chi connectivity index (χ2v) is 6.81. The molecule has 0 amide bonds. The van der Waals surface area contributed by atoms with Gasteiger partial charge >= 0.3 is 5.97 Å². The Morgan fingerprint density at radius 3 is 2.48 bits per heavy atom. The summed E-state index contributed by atoms with van der Waals surface area (Å²) in [5, 5.41) is 11.5. The standard InChI is InChI=1S/C20H10Cl2N2O5/c21-12-3-1-11(2-4-12)18-8-6-14(28-18)10-17-20(25)29-19(23-17)15-7-5-13(24(26)27)9-16(15)22/h1-10H/b17-10-. The van der Waals surface area contributed by atoms with Gasteiger partial charge in [-0.15, -0.1) is 0 Å². The van der Waals surface area contributed by atoms with E-state index in [4.69, 9.17) is 32.4 Å². The van der Waals surface area contributed by atoms with Gasteiger partial charge in [0.05, 0.1) is 15.5 Å². The van der Waals surface area contributed by atoms with Gasteiger partial charge in [-0.25, -0.2) is 9.79 Å².